The minimum absolute atomic E-state index is 0.0587. The summed E-state index contributed by atoms with van der Waals surface area (Å²) in [6.45, 7) is 5.34. The fourth-order valence-electron chi connectivity index (χ4n) is 2.75. The molecule has 1 aliphatic heterocycles. The molecule has 0 saturated carbocycles. The van der Waals surface area contributed by atoms with Gasteiger partial charge in [-0.1, -0.05) is 6.07 Å². The number of ether oxygens (including phenoxy) is 1. The van der Waals surface area contributed by atoms with Crippen LogP contribution in [0, 0.1) is 0 Å². The summed E-state index contributed by atoms with van der Waals surface area (Å²) in [5, 5.41) is 9.29. The van der Waals surface area contributed by atoms with E-state index in [-0.39, 0.29) is 18.1 Å². The molecule has 124 valence electrons. The van der Waals surface area contributed by atoms with Crippen molar-refractivity contribution in [2.75, 3.05) is 26.2 Å². The second-order valence-electron chi connectivity index (χ2n) is 5.76. The van der Waals surface area contributed by atoms with Gasteiger partial charge in [-0.05, 0) is 24.4 Å². The fraction of sp³-hybridized carbons (Fsp3) is 0.500. The Kier molecular flexibility index (Phi) is 5.43. The van der Waals surface area contributed by atoms with Crippen molar-refractivity contribution in [2.45, 2.75) is 25.6 Å². The van der Waals surface area contributed by atoms with E-state index in [1.54, 1.807) is 17.5 Å². The Hall–Kier alpha value is -1.70. The van der Waals surface area contributed by atoms with E-state index < -0.39 is 0 Å². The minimum Gasteiger partial charge on any atom is -0.374 e. The highest BCUT2D eigenvalue weighted by molar-refractivity contribution is 7.10. The molecule has 6 nitrogen and oxygen atoms in total. The highest BCUT2D eigenvalue weighted by Crippen LogP contribution is 2.18. The first-order valence-corrected chi connectivity index (χ1v) is 8.73. The molecule has 0 unspecified atom stereocenters. The van der Waals surface area contributed by atoms with Gasteiger partial charge in [0.25, 0.3) is 0 Å². The van der Waals surface area contributed by atoms with Crippen LogP contribution < -0.4 is 5.32 Å². The van der Waals surface area contributed by atoms with Crippen LogP contribution in [-0.4, -0.2) is 52.9 Å². The molecule has 0 aromatic carbocycles. The Labute approximate surface area is 140 Å². The summed E-state index contributed by atoms with van der Waals surface area (Å²) in [6.07, 6.45) is 3.77. The number of hydrogen-bond acceptors (Lipinski definition) is 5. The number of amides is 1. The first-order valence-electron chi connectivity index (χ1n) is 7.85. The summed E-state index contributed by atoms with van der Waals surface area (Å²) < 4.78 is 7.64. The number of nitrogens with one attached hydrogen (secondary N) is 1. The summed E-state index contributed by atoms with van der Waals surface area (Å²) in [7, 11) is 0. The van der Waals surface area contributed by atoms with Crippen LogP contribution >= 0.6 is 11.3 Å². The van der Waals surface area contributed by atoms with Crippen LogP contribution in [-0.2, 0) is 16.1 Å². The van der Waals surface area contributed by atoms with Crippen LogP contribution in [0.5, 0.6) is 0 Å². The molecule has 2 aromatic rings. The van der Waals surface area contributed by atoms with Gasteiger partial charge in [0, 0.05) is 30.4 Å². The molecule has 7 heteroatoms. The summed E-state index contributed by atoms with van der Waals surface area (Å²) in [5.41, 5.74) is 0. The number of nitrogens with zero attached hydrogens (tertiary/aromatic N) is 3. The predicted octanol–water partition coefficient (Wildman–Crippen LogP) is 1.52. The van der Waals surface area contributed by atoms with Crippen molar-refractivity contribution in [3.8, 4) is 0 Å². The molecular weight excluding hydrogens is 312 g/mol. The smallest absolute Gasteiger partial charge is 0.234 e. The largest absolute Gasteiger partial charge is 0.374 e. The highest BCUT2D eigenvalue weighted by Gasteiger charge is 2.23. The maximum atomic E-state index is 12.2. The van der Waals surface area contributed by atoms with Crippen molar-refractivity contribution in [3.05, 3.63) is 40.8 Å². The molecule has 1 saturated heterocycles. The summed E-state index contributed by atoms with van der Waals surface area (Å²) in [4.78, 5) is 15.6. The Morgan fingerprint density at radius 1 is 1.57 bits per heavy atom. The quantitative estimate of drug-likeness (QED) is 0.870. The summed E-state index contributed by atoms with van der Waals surface area (Å²) >= 11 is 1.66. The van der Waals surface area contributed by atoms with Crippen LogP contribution in [0.15, 0.2) is 36.0 Å². The molecule has 1 fully saturated rings. The molecule has 0 radical (unpaired) electrons. The van der Waals surface area contributed by atoms with Crippen molar-refractivity contribution in [1.82, 2.24) is 20.0 Å². The van der Waals surface area contributed by atoms with Gasteiger partial charge in [-0.25, -0.2) is 0 Å². The van der Waals surface area contributed by atoms with Crippen molar-refractivity contribution in [2.24, 2.45) is 0 Å². The lowest BCUT2D eigenvalue weighted by Crippen LogP contribution is -2.48. The maximum absolute atomic E-state index is 12.2. The summed E-state index contributed by atoms with van der Waals surface area (Å²) in [5.74, 6) is 0.0608. The van der Waals surface area contributed by atoms with Gasteiger partial charge in [0.1, 0.15) is 0 Å². The van der Waals surface area contributed by atoms with E-state index in [4.69, 9.17) is 4.74 Å². The van der Waals surface area contributed by atoms with E-state index in [1.807, 2.05) is 41.4 Å². The van der Waals surface area contributed by atoms with E-state index in [2.05, 4.69) is 15.3 Å². The van der Waals surface area contributed by atoms with Gasteiger partial charge in [-0.3, -0.25) is 14.4 Å². The van der Waals surface area contributed by atoms with Crippen LogP contribution in [0.1, 0.15) is 17.8 Å². The topological polar surface area (TPSA) is 59.4 Å². The van der Waals surface area contributed by atoms with Gasteiger partial charge in [0.2, 0.25) is 5.91 Å². The molecule has 1 amide bonds. The molecule has 0 spiro atoms. The second-order valence-corrected chi connectivity index (χ2v) is 6.74. The molecule has 2 aromatic heterocycles. The van der Waals surface area contributed by atoms with Crippen molar-refractivity contribution in [3.63, 3.8) is 0 Å². The van der Waals surface area contributed by atoms with E-state index in [1.165, 1.54) is 4.88 Å². The van der Waals surface area contributed by atoms with E-state index in [9.17, 15) is 4.79 Å². The third-order valence-corrected chi connectivity index (χ3v) is 4.94. The van der Waals surface area contributed by atoms with Crippen LogP contribution in [0.3, 0.4) is 0 Å². The first kappa shape index (κ1) is 16.2. The maximum Gasteiger partial charge on any atom is 0.234 e. The minimum atomic E-state index is 0.0587. The second kappa shape index (κ2) is 7.72. The van der Waals surface area contributed by atoms with Gasteiger partial charge in [0.15, 0.2) is 0 Å². The Bertz CT molecular complexity index is 600. The summed E-state index contributed by atoms with van der Waals surface area (Å²) in [6, 6.07) is 6.01. The SMILES string of the molecule is C[C@@H](NC(=O)CN1CCO[C@H](Cn2cccn2)C1)c1cccs1. The Morgan fingerprint density at radius 3 is 3.22 bits per heavy atom. The third-order valence-electron chi connectivity index (χ3n) is 3.89. The standard InChI is InChI=1S/C16H22N4O2S/c1-13(15-4-2-9-23-15)18-16(21)12-19-7-8-22-14(10-19)11-20-6-3-5-17-20/h2-6,9,13-14H,7-8,10-12H2,1H3,(H,18,21)/t13-,14+/m1/s1. The van der Waals surface area contributed by atoms with Gasteiger partial charge in [-0.15, -0.1) is 11.3 Å². The van der Waals surface area contributed by atoms with Crippen molar-refractivity contribution < 1.29 is 9.53 Å². The molecule has 1 N–H and O–H groups in total. The third kappa shape index (κ3) is 4.63. The zero-order valence-corrected chi connectivity index (χ0v) is 14.0. The average Bonchev–Trinajstić information content (AvgIpc) is 3.20. The van der Waals surface area contributed by atoms with Crippen LogP contribution in [0.4, 0.5) is 0 Å². The zero-order chi connectivity index (χ0) is 16.1. The molecule has 0 aliphatic carbocycles. The number of aromatic nitrogens is 2. The Balaban J connectivity index is 1.46. The lowest BCUT2D eigenvalue weighted by Gasteiger charge is -2.32. The lowest BCUT2D eigenvalue weighted by molar-refractivity contribution is -0.125. The molecule has 23 heavy (non-hydrogen) atoms. The molecule has 2 atom stereocenters. The van der Waals surface area contributed by atoms with Gasteiger partial charge < -0.3 is 10.1 Å². The number of carbonyl (C=O) groups is 1. The van der Waals surface area contributed by atoms with Crippen molar-refractivity contribution >= 4 is 17.2 Å². The molecule has 0 bridgehead atoms. The van der Waals surface area contributed by atoms with Gasteiger partial charge in [-0.2, -0.15) is 5.10 Å². The van der Waals surface area contributed by atoms with E-state index >= 15 is 0 Å². The lowest BCUT2D eigenvalue weighted by atomic mass is 10.2. The van der Waals surface area contributed by atoms with Gasteiger partial charge >= 0.3 is 0 Å². The average molecular weight is 334 g/mol. The van der Waals surface area contributed by atoms with Gasteiger partial charge in [0.05, 0.1) is 31.8 Å². The zero-order valence-electron chi connectivity index (χ0n) is 13.2. The highest BCUT2D eigenvalue weighted by atomic mass is 32.1. The monoisotopic (exact) mass is 334 g/mol. The molecule has 3 heterocycles. The van der Waals surface area contributed by atoms with Crippen LogP contribution in [0.2, 0.25) is 0 Å². The molecular formula is C16H22N4O2S. The van der Waals surface area contributed by atoms with E-state index in [0.29, 0.717) is 13.2 Å². The molecule has 3 rings (SSSR count). The molecule has 1 aliphatic rings. The Morgan fingerprint density at radius 2 is 2.48 bits per heavy atom. The normalized spacial score (nSPS) is 20.3. The predicted molar refractivity (Wildman–Crippen MR) is 89.3 cm³/mol. The van der Waals surface area contributed by atoms with Crippen LogP contribution in [0.25, 0.3) is 0 Å². The fourth-order valence-corrected chi connectivity index (χ4v) is 3.49. The number of thiophene rings is 1. The number of carbonyl (C=O) groups excluding carboxylic acids is 1. The number of rotatable bonds is 6. The van der Waals surface area contributed by atoms with E-state index in [0.717, 1.165) is 19.6 Å². The number of hydrogen-bond donors (Lipinski definition) is 1. The number of morpholine rings is 1. The first-order chi connectivity index (χ1) is 11.2. The van der Waals surface area contributed by atoms with Crippen molar-refractivity contribution in [1.29, 1.82) is 0 Å².